The maximum Gasteiger partial charge on any atom is 0.323 e. The number of nitrogens with two attached hydrogens (primary N) is 1. The molecule has 0 saturated heterocycles. The number of carbonyl (C=O) groups excluding carboxylic acids is 2. The van der Waals surface area contributed by atoms with Crippen LogP contribution in [0.5, 0.6) is 11.5 Å². The van der Waals surface area contributed by atoms with Crippen LogP contribution in [0, 0.1) is 0 Å². The second kappa shape index (κ2) is 11.8. The van der Waals surface area contributed by atoms with E-state index in [0.717, 1.165) is 16.7 Å². The van der Waals surface area contributed by atoms with Crippen LogP contribution in [0.4, 0.5) is 16.2 Å². The summed E-state index contributed by atoms with van der Waals surface area (Å²) in [5.41, 5.74) is 10.2. The van der Waals surface area contributed by atoms with Gasteiger partial charge in [-0.1, -0.05) is 59.6 Å². The first kappa shape index (κ1) is 26.6. The van der Waals surface area contributed by atoms with E-state index in [1.54, 1.807) is 41.3 Å². The van der Waals surface area contributed by atoms with Crippen LogP contribution in [0.2, 0.25) is 10.0 Å². The number of amides is 3. The molecular formula is C30H26Cl2N4O3. The first-order chi connectivity index (χ1) is 18.8. The Bertz CT molecular complexity index is 1510. The van der Waals surface area contributed by atoms with Crippen molar-refractivity contribution >= 4 is 46.5 Å². The van der Waals surface area contributed by atoms with E-state index >= 15 is 0 Å². The number of hydrogen-bond donors (Lipinski definition) is 3. The molecule has 1 unspecified atom stereocenters. The Morgan fingerprint density at radius 1 is 0.821 bits per heavy atom. The molecule has 0 aliphatic carbocycles. The number of carbonyl (C=O) groups is 2. The molecule has 5 rings (SSSR count). The summed E-state index contributed by atoms with van der Waals surface area (Å²) in [4.78, 5) is 27.4. The standard InChI is InChI=1S/C30H26Cl2N4O3/c31-22-11-9-19(27(32)15-22)14-28(33)29(37)36-17-20-10-12-24(13-21(20)18-36)35-30(38)34-23-5-4-8-26(16-23)39-25-6-2-1-3-7-25/h1-13,15-16,28H,14,17-18,33H2,(H2,34,35,38). The van der Waals surface area contributed by atoms with Crippen molar-refractivity contribution in [2.24, 2.45) is 5.73 Å². The lowest BCUT2D eigenvalue weighted by molar-refractivity contribution is -0.133. The van der Waals surface area contributed by atoms with E-state index in [1.165, 1.54) is 0 Å². The normalized spacial score (nSPS) is 12.9. The molecule has 7 nitrogen and oxygen atoms in total. The Balaban J connectivity index is 1.17. The van der Waals surface area contributed by atoms with Gasteiger partial charge in [0, 0.05) is 40.6 Å². The molecular weight excluding hydrogens is 535 g/mol. The van der Waals surface area contributed by atoms with Crippen molar-refractivity contribution in [2.45, 2.75) is 25.6 Å². The van der Waals surface area contributed by atoms with Crippen LogP contribution in [0.25, 0.3) is 0 Å². The lowest BCUT2D eigenvalue weighted by Gasteiger charge is -2.20. The zero-order valence-corrected chi connectivity index (χ0v) is 22.4. The van der Waals surface area contributed by atoms with Gasteiger partial charge < -0.3 is 26.0 Å². The van der Waals surface area contributed by atoms with Crippen molar-refractivity contribution in [1.29, 1.82) is 0 Å². The van der Waals surface area contributed by atoms with Crippen LogP contribution in [0.1, 0.15) is 16.7 Å². The number of benzene rings is 4. The lowest BCUT2D eigenvalue weighted by Crippen LogP contribution is -2.42. The quantitative estimate of drug-likeness (QED) is 0.230. The zero-order chi connectivity index (χ0) is 27.4. The van der Waals surface area contributed by atoms with Crippen LogP contribution in [-0.2, 0) is 24.3 Å². The molecule has 0 spiro atoms. The van der Waals surface area contributed by atoms with E-state index in [1.807, 2.05) is 54.6 Å². The molecule has 0 saturated carbocycles. The van der Waals surface area contributed by atoms with Gasteiger partial charge in [0.15, 0.2) is 0 Å². The van der Waals surface area contributed by atoms with Crippen molar-refractivity contribution in [3.8, 4) is 11.5 Å². The number of fused-ring (bicyclic) bond motifs is 1. The molecule has 0 aromatic heterocycles. The highest BCUT2D eigenvalue weighted by Crippen LogP contribution is 2.28. The van der Waals surface area contributed by atoms with Gasteiger partial charge in [-0.3, -0.25) is 4.79 Å². The minimum absolute atomic E-state index is 0.165. The topological polar surface area (TPSA) is 96.7 Å². The lowest BCUT2D eigenvalue weighted by atomic mass is 10.1. The number of para-hydroxylation sites is 1. The Kier molecular flexibility index (Phi) is 8.02. The third-order valence-corrected chi connectivity index (χ3v) is 6.93. The number of urea groups is 1. The van der Waals surface area contributed by atoms with Gasteiger partial charge in [0.2, 0.25) is 5.91 Å². The molecule has 4 N–H and O–H groups in total. The van der Waals surface area contributed by atoms with Crippen LogP contribution >= 0.6 is 23.2 Å². The third kappa shape index (κ3) is 6.70. The van der Waals surface area contributed by atoms with E-state index in [4.69, 9.17) is 33.7 Å². The molecule has 3 amide bonds. The van der Waals surface area contributed by atoms with Gasteiger partial charge in [-0.15, -0.1) is 0 Å². The molecule has 0 radical (unpaired) electrons. The molecule has 4 aromatic carbocycles. The highest BCUT2D eigenvalue weighted by molar-refractivity contribution is 6.35. The Morgan fingerprint density at radius 2 is 1.54 bits per heavy atom. The number of nitrogens with one attached hydrogen (secondary N) is 2. The van der Waals surface area contributed by atoms with Crippen molar-refractivity contribution in [3.05, 3.63) is 118 Å². The number of halogens is 2. The van der Waals surface area contributed by atoms with Gasteiger partial charge >= 0.3 is 6.03 Å². The van der Waals surface area contributed by atoms with Crippen molar-refractivity contribution in [3.63, 3.8) is 0 Å². The summed E-state index contributed by atoms with van der Waals surface area (Å²) < 4.78 is 5.83. The fraction of sp³-hybridized carbons (Fsp3) is 0.133. The van der Waals surface area contributed by atoms with Gasteiger partial charge in [-0.05, 0) is 71.6 Å². The van der Waals surface area contributed by atoms with Gasteiger partial charge in [-0.25, -0.2) is 4.79 Å². The first-order valence-electron chi connectivity index (χ1n) is 12.3. The number of hydrogen-bond acceptors (Lipinski definition) is 4. The molecule has 1 aliphatic rings. The van der Waals surface area contributed by atoms with E-state index in [9.17, 15) is 9.59 Å². The van der Waals surface area contributed by atoms with Crippen molar-refractivity contribution < 1.29 is 14.3 Å². The van der Waals surface area contributed by atoms with E-state index in [-0.39, 0.29) is 11.9 Å². The van der Waals surface area contributed by atoms with Crippen LogP contribution in [-0.4, -0.2) is 22.9 Å². The van der Waals surface area contributed by atoms with Gasteiger partial charge in [0.1, 0.15) is 11.5 Å². The molecule has 198 valence electrons. The van der Waals surface area contributed by atoms with Crippen molar-refractivity contribution in [1.82, 2.24) is 4.90 Å². The first-order valence-corrected chi connectivity index (χ1v) is 13.1. The second-order valence-electron chi connectivity index (χ2n) is 9.25. The Hall–Kier alpha value is -4.04. The summed E-state index contributed by atoms with van der Waals surface area (Å²) in [7, 11) is 0. The Labute approximate surface area is 236 Å². The summed E-state index contributed by atoms with van der Waals surface area (Å²) in [5, 5.41) is 6.70. The monoisotopic (exact) mass is 560 g/mol. The fourth-order valence-electron chi connectivity index (χ4n) is 4.43. The average Bonchev–Trinajstić information content (AvgIpc) is 3.34. The average molecular weight is 561 g/mol. The van der Waals surface area contributed by atoms with E-state index in [0.29, 0.717) is 52.4 Å². The third-order valence-electron chi connectivity index (χ3n) is 6.34. The molecule has 4 aromatic rings. The van der Waals surface area contributed by atoms with E-state index < -0.39 is 6.04 Å². The minimum atomic E-state index is -0.733. The zero-order valence-electron chi connectivity index (χ0n) is 20.9. The van der Waals surface area contributed by atoms with Crippen LogP contribution < -0.4 is 21.1 Å². The van der Waals surface area contributed by atoms with Gasteiger partial charge in [0.25, 0.3) is 0 Å². The maximum absolute atomic E-state index is 13.0. The highest BCUT2D eigenvalue weighted by Gasteiger charge is 2.28. The summed E-state index contributed by atoms with van der Waals surface area (Å²) in [6, 6.07) is 26.2. The molecule has 1 aliphatic heterocycles. The fourth-order valence-corrected chi connectivity index (χ4v) is 4.92. The van der Waals surface area contributed by atoms with Crippen LogP contribution in [0.3, 0.4) is 0 Å². The number of rotatable bonds is 7. The highest BCUT2D eigenvalue weighted by atomic mass is 35.5. The summed E-state index contributed by atoms with van der Waals surface area (Å²) in [6.45, 7) is 0.864. The molecule has 39 heavy (non-hydrogen) atoms. The smallest absolute Gasteiger partial charge is 0.323 e. The molecule has 0 fully saturated rings. The largest absolute Gasteiger partial charge is 0.457 e. The predicted octanol–water partition coefficient (Wildman–Crippen LogP) is 6.84. The molecule has 0 bridgehead atoms. The predicted molar refractivity (Wildman–Crippen MR) is 154 cm³/mol. The number of nitrogens with zero attached hydrogens (tertiary/aromatic N) is 1. The number of anilines is 2. The molecule has 9 heteroatoms. The van der Waals surface area contributed by atoms with Crippen molar-refractivity contribution in [2.75, 3.05) is 10.6 Å². The summed E-state index contributed by atoms with van der Waals surface area (Å²) >= 11 is 12.2. The maximum atomic E-state index is 13.0. The SMILES string of the molecule is NC(Cc1ccc(Cl)cc1Cl)C(=O)N1Cc2ccc(NC(=O)Nc3cccc(Oc4ccccc4)c3)cc2C1. The molecule has 1 atom stereocenters. The van der Waals surface area contributed by atoms with E-state index in [2.05, 4.69) is 10.6 Å². The second-order valence-corrected chi connectivity index (χ2v) is 10.1. The number of ether oxygens (including phenoxy) is 1. The van der Waals surface area contributed by atoms with Crippen LogP contribution in [0.15, 0.2) is 91.0 Å². The molecule has 1 heterocycles. The minimum Gasteiger partial charge on any atom is -0.457 e. The van der Waals surface area contributed by atoms with Gasteiger partial charge in [0.05, 0.1) is 6.04 Å². The summed E-state index contributed by atoms with van der Waals surface area (Å²) in [6.07, 6.45) is 0.312. The Morgan fingerprint density at radius 3 is 2.31 bits per heavy atom. The van der Waals surface area contributed by atoms with Gasteiger partial charge in [-0.2, -0.15) is 0 Å². The summed E-state index contributed by atoms with van der Waals surface area (Å²) in [5.74, 6) is 1.15.